The van der Waals surface area contributed by atoms with Gasteiger partial charge >= 0.3 is 12.1 Å². The van der Waals surface area contributed by atoms with Gasteiger partial charge in [0, 0.05) is 11.3 Å². The lowest BCUT2D eigenvalue weighted by Crippen LogP contribution is -2.45. The standard InChI is InChI=1S/C17H22N2O7/c1-17(2,3)26-16(22)18-14(9-13(20)10-19(23)24)15(21)25-11-12-7-5-4-6-8-12/h4-8,14H,9-11H2,1-3H3,(H,18,22). The number of Topliss-reactive ketones (excluding diaryl/α,β-unsaturated/α-hetero) is 1. The molecule has 1 unspecified atom stereocenters. The van der Waals surface area contributed by atoms with E-state index in [-0.39, 0.29) is 6.61 Å². The molecule has 0 spiro atoms. The molecule has 9 heteroatoms. The molecule has 9 nitrogen and oxygen atoms in total. The number of benzene rings is 1. The molecule has 1 aromatic rings. The first-order valence-electron chi connectivity index (χ1n) is 7.90. The van der Waals surface area contributed by atoms with Gasteiger partial charge in [0.25, 0.3) is 6.54 Å². The normalized spacial score (nSPS) is 12.0. The Kier molecular flexibility index (Phi) is 7.70. The fourth-order valence-corrected chi connectivity index (χ4v) is 1.91. The number of alkyl carbamates (subject to hydrolysis) is 1. The Morgan fingerprint density at radius 2 is 1.81 bits per heavy atom. The van der Waals surface area contributed by atoms with Crippen LogP contribution in [-0.4, -0.2) is 41.0 Å². The molecule has 0 saturated heterocycles. The lowest BCUT2D eigenvalue weighted by atomic mass is 10.1. The second-order valence-corrected chi connectivity index (χ2v) is 6.53. The van der Waals surface area contributed by atoms with Gasteiger partial charge in [-0.1, -0.05) is 30.3 Å². The van der Waals surface area contributed by atoms with Crippen LogP contribution in [0, 0.1) is 10.1 Å². The number of amides is 1. The molecule has 0 aliphatic carbocycles. The van der Waals surface area contributed by atoms with Crippen LogP contribution in [0.25, 0.3) is 0 Å². The number of hydrogen-bond acceptors (Lipinski definition) is 7. The van der Waals surface area contributed by atoms with E-state index in [9.17, 15) is 24.5 Å². The zero-order chi connectivity index (χ0) is 19.7. The third-order valence-electron chi connectivity index (χ3n) is 2.94. The fourth-order valence-electron chi connectivity index (χ4n) is 1.91. The van der Waals surface area contributed by atoms with E-state index in [4.69, 9.17) is 9.47 Å². The van der Waals surface area contributed by atoms with E-state index in [0.29, 0.717) is 5.56 Å². The topological polar surface area (TPSA) is 125 Å². The van der Waals surface area contributed by atoms with Crippen molar-refractivity contribution in [3.05, 3.63) is 46.0 Å². The molecule has 1 rings (SSSR count). The van der Waals surface area contributed by atoms with Gasteiger partial charge in [-0.2, -0.15) is 0 Å². The highest BCUT2D eigenvalue weighted by molar-refractivity contribution is 5.89. The summed E-state index contributed by atoms with van der Waals surface area (Å²) in [6.45, 7) is 3.89. The summed E-state index contributed by atoms with van der Waals surface area (Å²) >= 11 is 0. The predicted molar refractivity (Wildman–Crippen MR) is 90.9 cm³/mol. The highest BCUT2D eigenvalue weighted by atomic mass is 16.6. The smallest absolute Gasteiger partial charge is 0.408 e. The zero-order valence-corrected chi connectivity index (χ0v) is 14.9. The number of ketones is 1. The molecular weight excluding hydrogens is 344 g/mol. The van der Waals surface area contributed by atoms with Crippen molar-refractivity contribution in [1.82, 2.24) is 5.32 Å². The maximum Gasteiger partial charge on any atom is 0.408 e. The van der Waals surface area contributed by atoms with Crippen molar-refractivity contribution in [1.29, 1.82) is 0 Å². The first-order chi connectivity index (χ1) is 12.1. The van der Waals surface area contributed by atoms with E-state index >= 15 is 0 Å². The van der Waals surface area contributed by atoms with Crippen molar-refractivity contribution < 1.29 is 28.8 Å². The number of carbonyl (C=O) groups is 3. The molecule has 0 saturated carbocycles. The highest BCUT2D eigenvalue weighted by Gasteiger charge is 2.29. The molecule has 0 radical (unpaired) electrons. The van der Waals surface area contributed by atoms with Crippen molar-refractivity contribution in [2.75, 3.05) is 6.54 Å². The number of rotatable bonds is 8. The van der Waals surface area contributed by atoms with Gasteiger partial charge < -0.3 is 14.8 Å². The summed E-state index contributed by atoms with van der Waals surface area (Å²) < 4.78 is 10.1. The third kappa shape index (κ3) is 8.76. The number of nitrogens with one attached hydrogen (secondary N) is 1. The Morgan fingerprint density at radius 3 is 2.35 bits per heavy atom. The minimum Gasteiger partial charge on any atom is -0.459 e. The maximum atomic E-state index is 12.2. The second kappa shape index (κ2) is 9.50. The SMILES string of the molecule is CC(C)(C)OC(=O)NC(CC(=O)C[N+](=O)[O-])C(=O)OCc1ccccc1. The first kappa shape index (κ1) is 21.1. The van der Waals surface area contributed by atoms with Gasteiger partial charge in [0.2, 0.25) is 5.78 Å². The summed E-state index contributed by atoms with van der Waals surface area (Å²) in [4.78, 5) is 45.4. The average molecular weight is 366 g/mol. The maximum absolute atomic E-state index is 12.2. The van der Waals surface area contributed by atoms with Crippen LogP contribution in [0.3, 0.4) is 0 Å². The molecule has 1 aromatic carbocycles. The Balaban J connectivity index is 2.74. The Morgan fingerprint density at radius 1 is 1.19 bits per heavy atom. The van der Waals surface area contributed by atoms with E-state index in [1.165, 1.54) is 0 Å². The van der Waals surface area contributed by atoms with Crippen LogP contribution in [0.5, 0.6) is 0 Å². The van der Waals surface area contributed by atoms with Gasteiger partial charge in [-0.15, -0.1) is 0 Å². The second-order valence-electron chi connectivity index (χ2n) is 6.53. The van der Waals surface area contributed by atoms with Crippen molar-refractivity contribution in [2.45, 2.75) is 45.4 Å². The largest absolute Gasteiger partial charge is 0.459 e. The lowest BCUT2D eigenvalue weighted by molar-refractivity contribution is -0.467. The molecule has 0 heterocycles. The predicted octanol–water partition coefficient (Wildman–Crippen LogP) is 1.86. The van der Waals surface area contributed by atoms with Crippen LogP contribution in [0.4, 0.5) is 4.79 Å². The van der Waals surface area contributed by atoms with Crippen LogP contribution in [-0.2, 0) is 25.7 Å². The Bertz CT molecular complexity index is 653. The van der Waals surface area contributed by atoms with E-state index in [0.717, 1.165) is 0 Å². The summed E-state index contributed by atoms with van der Waals surface area (Å²) in [5.74, 6) is -1.69. The quantitative estimate of drug-likeness (QED) is 0.423. The lowest BCUT2D eigenvalue weighted by Gasteiger charge is -2.22. The van der Waals surface area contributed by atoms with Crippen LogP contribution >= 0.6 is 0 Å². The van der Waals surface area contributed by atoms with Gasteiger partial charge in [-0.3, -0.25) is 14.9 Å². The van der Waals surface area contributed by atoms with E-state index in [1.54, 1.807) is 51.1 Å². The summed E-state index contributed by atoms with van der Waals surface area (Å²) in [5, 5.41) is 12.7. The van der Waals surface area contributed by atoms with Crippen molar-refractivity contribution >= 4 is 17.8 Å². The van der Waals surface area contributed by atoms with Crippen LogP contribution in [0.15, 0.2) is 30.3 Å². The summed E-state index contributed by atoms with van der Waals surface area (Å²) in [6.07, 6.45) is -1.48. The summed E-state index contributed by atoms with van der Waals surface area (Å²) in [7, 11) is 0. The zero-order valence-electron chi connectivity index (χ0n) is 14.9. The van der Waals surface area contributed by atoms with Gasteiger partial charge in [0.1, 0.15) is 18.2 Å². The molecule has 0 aliphatic rings. The molecule has 0 bridgehead atoms. The number of hydrogen-bond donors (Lipinski definition) is 1. The molecular formula is C17H22N2O7. The first-order valence-corrected chi connectivity index (χ1v) is 7.90. The molecule has 1 atom stereocenters. The van der Waals surface area contributed by atoms with Gasteiger partial charge in [-0.25, -0.2) is 9.59 Å². The minimum absolute atomic E-state index is 0.0599. The molecule has 0 aromatic heterocycles. The van der Waals surface area contributed by atoms with E-state index < -0.39 is 47.4 Å². The number of ether oxygens (including phenoxy) is 2. The minimum atomic E-state index is -1.37. The van der Waals surface area contributed by atoms with Crippen molar-refractivity contribution in [3.8, 4) is 0 Å². The summed E-state index contributed by atoms with van der Waals surface area (Å²) in [6, 6.07) is 7.43. The number of nitrogens with zero attached hydrogens (tertiary/aromatic N) is 1. The van der Waals surface area contributed by atoms with Crippen LogP contribution in [0.2, 0.25) is 0 Å². The molecule has 142 valence electrons. The third-order valence-corrected chi connectivity index (χ3v) is 2.94. The number of nitro groups is 1. The van der Waals surface area contributed by atoms with Crippen LogP contribution < -0.4 is 5.32 Å². The Labute approximate surface area is 150 Å². The number of esters is 1. The van der Waals surface area contributed by atoms with Crippen molar-refractivity contribution in [3.63, 3.8) is 0 Å². The van der Waals surface area contributed by atoms with Gasteiger partial charge in [0.15, 0.2) is 0 Å². The molecule has 0 fully saturated rings. The average Bonchev–Trinajstić information content (AvgIpc) is 2.50. The van der Waals surface area contributed by atoms with Crippen molar-refractivity contribution in [2.24, 2.45) is 0 Å². The highest BCUT2D eigenvalue weighted by Crippen LogP contribution is 2.09. The number of carbonyl (C=O) groups excluding carboxylic acids is 3. The molecule has 26 heavy (non-hydrogen) atoms. The summed E-state index contributed by atoms with van der Waals surface area (Å²) in [5.41, 5.74) is -0.0959. The monoisotopic (exact) mass is 366 g/mol. The Hall–Kier alpha value is -2.97. The van der Waals surface area contributed by atoms with Gasteiger partial charge in [-0.05, 0) is 26.3 Å². The van der Waals surface area contributed by atoms with Crippen LogP contribution in [0.1, 0.15) is 32.8 Å². The molecule has 1 N–H and O–H groups in total. The van der Waals surface area contributed by atoms with E-state index in [1.807, 2.05) is 0 Å². The molecule has 1 amide bonds. The van der Waals surface area contributed by atoms with E-state index in [2.05, 4.69) is 5.32 Å². The van der Waals surface area contributed by atoms with Gasteiger partial charge in [0.05, 0.1) is 0 Å². The fraction of sp³-hybridized carbons (Fsp3) is 0.471. The molecule has 0 aliphatic heterocycles.